The second-order valence-corrected chi connectivity index (χ2v) is 3.92. The maximum atomic E-state index is 11.0. The van der Waals surface area contributed by atoms with Crippen LogP contribution in [-0.4, -0.2) is 20.1 Å². The molecule has 0 radical (unpaired) electrons. The summed E-state index contributed by atoms with van der Waals surface area (Å²) in [7, 11) is 3.10. The van der Waals surface area contributed by atoms with Crippen LogP contribution in [0.4, 0.5) is 0 Å². The average molecular weight is 301 g/mol. The molecule has 0 fully saturated rings. The minimum Gasteiger partial charge on any atom is -0.493 e. The quantitative estimate of drug-likeness (QED) is 0.382. The van der Waals surface area contributed by atoms with Crippen molar-refractivity contribution >= 4 is 27.9 Å². The van der Waals surface area contributed by atoms with Crippen molar-refractivity contribution in [3.8, 4) is 11.5 Å². The molecule has 5 nitrogen and oxygen atoms in total. The zero-order valence-electron chi connectivity index (χ0n) is 9.49. The number of hydrazine groups is 1. The van der Waals surface area contributed by atoms with Crippen molar-refractivity contribution < 1.29 is 14.3 Å². The Balaban J connectivity index is 3.08. The van der Waals surface area contributed by atoms with Crippen LogP contribution in [0.3, 0.4) is 0 Å². The zero-order chi connectivity index (χ0) is 12.8. The van der Waals surface area contributed by atoms with Gasteiger partial charge >= 0.3 is 0 Å². The summed E-state index contributed by atoms with van der Waals surface area (Å²) in [5.74, 6) is 5.78. The van der Waals surface area contributed by atoms with Crippen LogP contribution in [-0.2, 0) is 4.79 Å². The van der Waals surface area contributed by atoms with Crippen LogP contribution in [0.25, 0.3) is 6.08 Å². The first-order valence-corrected chi connectivity index (χ1v) is 5.51. The van der Waals surface area contributed by atoms with Gasteiger partial charge in [0.1, 0.15) is 0 Å². The number of carbonyl (C=O) groups is 1. The molecule has 17 heavy (non-hydrogen) atoms. The lowest BCUT2D eigenvalue weighted by Crippen LogP contribution is -2.27. The maximum absolute atomic E-state index is 11.0. The van der Waals surface area contributed by atoms with Crippen molar-refractivity contribution in [2.45, 2.75) is 0 Å². The van der Waals surface area contributed by atoms with Gasteiger partial charge in [0.2, 0.25) is 0 Å². The Kier molecular flexibility index (Phi) is 4.99. The Labute approximate surface area is 108 Å². The molecule has 1 rings (SSSR count). The Bertz CT molecular complexity index is 447. The molecule has 0 saturated carbocycles. The topological polar surface area (TPSA) is 73.6 Å². The molecule has 0 saturated heterocycles. The van der Waals surface area contributed by atoms with E-state index in [4.69, 9.17) is 15.3 Å². The minimum atomic E-state index is -0.383. The second-order valence-electron chi connectivity index (χ2n) is 3.07. The highest BCUT2D eigenvalue weighted by Gasteiger charge is 2.07. The molecule has 0 heterocycles. The van der Waals surface area contributed by atoms with Gasteiger partial charge in [0.15, 0.2) is 11.5 Å². The van der Waals surface area contributed by atoms with E-state index in [1.165, 1.54) is 6.08 Å². The lowest BCUT2D eigenvalue weighted by Gasteiger charge is -2.09. The van der Waals surface area contributed by atoms with Crippen molar-refractivity contribution in [2.24, 2.45) is 5.84 Å². The normalized spacial score (nSPS) is 10.4. The van der Waals surface area contributed by atoms with E-state index in [0.29, 0.717) is 11.5 Å². The van der Waals surface area contributed by atoms with Crippen LogP contribution in [0.2, 0.25) is 0 Å². The Hall–Kier alpha value is -1.53. The van der Waals surface area contributed by atoms with Gasteiger partial charge in [-0.2, -0.15) is 0 Å². The molecule has 1 amide bonds. The highest BCUT2D eigenvalue weighted by molar-refractivity contribution is 9.10. The van der Waals surface area contributed by atoms with Gasteiger partial charge in [0.25, 0.3) is 5.91 Å². The number of carbonyl (C=O) groups excluding carboxylic acids is 1. The monoisotopic (exact) mass is 300 g/mol. The molecular weight excluding hydrogens is 288 g/mol. The van der Waals surface area contributed by atoms with Crippen LogP contribution in [0, 0.1) is 0 Å². The second kappa shape index (κ2) is 6.27. The molecule has 0 aliphatic carbocycles. The van der Waals surface area contributed by atoms with E-state index in [0.717, 1.165) is 10.0 Å². The number of amides is 1. The van der Waals surface area contributed by atoms with Crippen molar-refractivity contribution in [3.05, 3.63) is 28.2 Å². The third-order valence-electron chi connectivity index (χ3n) is 2.06. The predicted octanol–water partition coefficient (Wildman–Crippen LogP) is 1.47. The van der Waals surface area contributed by atoms with Gasteiger partial charge < -0.3 is 9.47 Å². The zero-order valence-corrected chi connectivity index (χ0v) is 11.1. The number of hydrogen-bond donors (Lipinski definition) is 2. The van der Waals surface area contributed by atoms with Crippen molar-refractivity contribution in [2.75, 3.05) is 14.2 Å². The highest BCUT2D eigenvalue weighted by Crippen LogP contribution is 2.33. The molecule has 3 N–H and O–H groups in total. The Morgan fingerprint density at radius 2 is 1.94 bits per heavy atom. The number of rotatable bonds is 4. The predicted molar refractivity (Wildman–Crippen MR) is 68.6 cm³/mol. The molecule has 0 atom stereocenters. The summed E-state index contributed by atoms with van der Waals surface area (Å²) in [4.78, 5) is 11.0. The van der Waals surface area contributed by atoms with Gasteiger partial charge in [-0.3, -0.25) is 10.2 Å². The fourth-order valence-electron chi connectivity index (χ4n) is 1.21. The fourth-order valence-corrected chi connectivity index (χ4v) is 1.67. The molecule has 92 valence electrons. The average Bonchev–Trinajstić information content (AvgIpc) is 2.36. The number of nitrogens with two attached hydrogens (primary N) is 1. The molecule has 0 aliphatic rings. The molecular formula is C11H13BrN2O3. The van der Waals surface area contributed by atoms with Gasteiger partial charge in [-0.05, 0) is 23.8 Å². The molecule has 0 aromatic heterocycles. The summed E-state index contributed by atoms with van der Waals surface area (Å²) in [5.41, 5.74) is 2.79. The van der Waals surface area contributed by atoms with Crippen molar-refractivity contribution in [3.63, 3.8) is 0 Å². The number of benzene rings is 1. The van der Waals surface area contributed by atoms with Gasteiger partial charge in [-0.25, -0.2) is 5.84 Å². The number of ether oxygens (including phenoxy) is 2. The van der Waals surface area contributed by atoms with E-state index >= 15 is 0 Å². The number of hydrogen-bond acceptors (Lipinski definition) is 4. The summed E-state index contributed by atoms with van der Waals surface area (Å²) in [6.45, 7) is 0. The number of halogens is 1. The fraction of sp³-hybridized carbons (Fsp3) is 0.182. The van der Waals surface area contributed by atoms with Gasteiger partial charge in [0, 0.05) is 10.5 Å². The first-order chi connectivity index (χ1) is 8.12. The van der Waals surface area contributed by atoms with E-state index in [1.807, 2.05) is 5.43 Å². The maximum Gasteiger partial charge on any atom is 0.257 e. The summed E-state index contributed by atoms with van der Waals surface area (Å²) in [6.07, 6.45) is 2.94. The lowest BCUT2D eigenvalue weighted by atomic mass is 10.2. The molecule has 0 spiro atoms. The van der Waals surface area contributed by atoms with E-state index < -0.39 is 0 Å². The van der Waals surface area contributed by atoms with Crippen molar-refractivity contribution in [1.29, 1.82) is 0 Å². The van der Waals surface area contributed by atoms with Crippen molar-refractivity contribution in [1.82, 2.24) is 5.43 Å². The standard InChI is InChI=1S/C11H13BrN2O3/c1-16-9-5-7(3-4-11(15)14-13)8(12)6-10(9)17-2/h3-6H,13H2,1-2H3,(H,14,15). The Morgan fingerprint density at radius 1 is 1.35 bits per heavy atom. The van der Waals surface area contributed by atoms with Gasteiger partial charge in [0.05, 0.1) is 14.2 Å². The summed E-state index contributed by atoms with van der Waals surface area (Å²) in [6, 6.07) is 3.52. The highest BCUT2D eigenvalue weighted by atomic mass is 79.9. The van der Waals surface area contributed by atoms with Gasteiger partial charge in [-0.1, -0.05) is 15.9 Å². The van der Waals surface area contributed by atoms with Crippen LogP contribution in [0.15, 0.2) is 22.7 Å². The van der Waals surface area contributed by atoms with Crippen LogP contribution in [0.1, 0.15) is 5.56 Å². The van der Waals surface area contributed by atoms with E-state index in [2.05, 4.69) is 15.9 Å². The van der Waals surface area contributed by atoms with Crippen LogP contribution < -0.4 is 20.7 Å². The third-order valence-corrected chi connectivity index (χ3v) is 2.75. The lowest BCUT2D eigenvalue weighted by molar-refractivity contribution is -0.116. The van der Waals surface area contributed by atoms with E-state index in [-0.39, 0.29) is 5.91 Å². The van der Waals surface area contributed by atoms with E-state index in [9.17, 15) is 4.79 Å². The van der Waals surface area contributed by atoms with Crippen LogP contribution in [0.5, 0.6) is 11.5 Å². The molecule has 0 bridgehead atoms. The first-order valence-electron chi connectivity index (χ1n) is 4.72. The summed E-state index contributed by atoms with van der Waals surface area (Å²) in [5, 5.41) is 0. The molecule has 1 aromatic rings. The molecule has 0 unspecified atom stereocenters. The smallest absolute Gasteiger partial charge is 0.257 e. The number of methoxy groups -OCH3 is 2. The number of nitrogens with one attached hydrogen (secondary N) is 1. The largest absolute Gasteiger partial charge is 0.493 e. The molecule has 6 heteroatoms. The molecule has 1 aromatic carbocycles. The Morgan fingerprint density at radius 3 is 2.47 bits per heavy atom. The summed E-state index contributed by atoms with van der Waals surface area (Å²) >= 11 is 3.37. The van der Waals surface area contributed by atoms with Gasteiger partial charge in [-0.15, -0.1) is 0 Å². The SMILES string of the molecule is COc1cc(Br)c(C=CC(=O)NN)cc1OC. The minimum absolute atomic E-state index is 0.383. The first kappa shape index (κ1) is 13.5. The van der Waals surface area contributed by atoms with Crippen LogP contribution >= 0.6 is 15.9 Å². The third kappa shape index (κ3) is 3.47. The summed E-state index contributed by atoms with van der Waals surface area (Å²) < 4.78 is 11.1. The van der Waals surface area contributed by atoms with E-state index in [1.54, 1.807) is 32.4 Å². The molecule has 0 aliphatic heterocycles.